The van der Waals surface area contributed by atoms with Gasteiger partial charge in [0.15, 0.2) is 0 Å². The molecule has 0 amide bonds. The van der Waals surface area contributed by atoms with Crippen LogP contribution >= 0.6 is 0 Å². The molecule has 0 fully saturated rings. The molecule has 8 heteroatoms. The van der Waals surface area contributed by atoms with Crippen molar-refractivity contribution in [3.05, 3.63) is 95.1 Å². The molecule has 0 bridgehead atoms. The third-order valence-corrected chi connectivity index (χ3v) is 6.65. The number of benzene rings is 3. The summed E-state index contributed by atoms with van der Waals surface area (Å²) in [6.07, 6.45) is 0. The second-order valence-corrected chi connectivity index (χ2v) is 9.07. The zero-order valence-electron chi connectivity index (χ0n) is 17.9. The molecule has 3 rings (SSSR count). The van der Waals surface area contributed by atoms with E-state index in [1.165, 1.54) is 42.7 Å². The number of esters is 2. The van der Waals surface area contributed by atoms with Crippen molar-refractivity contribution in [1.29, 1.82) is 0 Å². The van der Waals surface area contributed by atoms with E-state index in [1.807, 2.05) is 19.1 Å². The van der Waals surface area contributed by atoms with E-state index in [4.69, 9.17) is 4.74 Å². The van der Waals surface area contributed by atoms with Crippen molar-refractivity contribution in [2.45, 2.75) is 18.4 Å². The lowest BCUT2D eigenvalue weighted by Crippen LogP contribution is -2.26. The van der Waals surface area contributed by atoms with Gasteiger partial charge in [-0.2, -0.15) is 0 Å². The van der Waals surface area contributed by atoms with Gasteiger partial charge in [0.2, 0.25) is 0 Å². The number of nitrogens with zero attached hydrogens (tertiary/aromatic N) is 1. The maximum atomic E-state index is 13.0. The fourth-order valence-corrected chi connectivity index (χ4v) is 4.16. The first kappa shape index (κ1) is 23.0. The number of hydrogen-bond donors (Lipinski definition) is 0. The number of methoxy groups -OCH3 is 1. The van der Waals surface area contributed by atoms with Gasteiger partial charge in [-0.3, -0.25) is 4.31 Å². The van der Waals surface area contributed by atoms with Crippen molar-refractivity contribution >= 4 is 27.6 Å². The monoisotopic (exact) mass is 453 g/mol. The highest BCUT2D eigenvalue weighted by molar-refractivity contribution is 7.92. The number of sulfonamides is 1. The molecule has 0 saturated heterocycles. The molecule has 0 radical (unpaired) electrons. The second kappa shape index (κ2) is 9.65. The molecule has 3 aromatic rings. The highest BCUT2D eigenvalue weighted by Crippen LogP contribution is 2.23. The number of carbonyl (C=O) groups is 2. The molecular formula is C24H23NO6S. The lowest BCUT2D eigenvalue weighted by Gasteiger charge is -2.20. The molecule has 32 heavy (non-hydrogen) atoms. The van der Waals surface area contributed by atoms with Crippen molar-refractivity contribution in [2.24, 2.45) is 0 Å². The van der Waals surface area contributed by atoms with E-state index in [2.05, 4.69) is 4.74 Å². The predicted octanol–water partition coefficient (Wildman–Crippen LogP) is 3.96. The molecule has 0 aliphatic carbocycles. The van der Waals surface area contributed by atoms with Crippen molar-refractivity contribution in [2.75, 3.05) is 18.5 Å². The van der Waals surface area contributed by atoms with Crippen LogP contribution in [0, 0.1) is 6.92 Å². The van der Waals surface area contributed by atoms with E-state index >= 15 is 0 Å². The quantitative estimate of drug-likeness (QED) is 0.503. The number of anilines is 1. The highest BCUT2D eigenvalue weighted by atomic mass is 32.2. The van der Waals surface area contributed by atoms with Crippen LogP contribution in [0.1, 0.15) is 31.8 Å². The third-order valence-electron chi connectivity index (χ3n) is 4.87. The average Bonchev–Trinajstić information content (AvgIpc) is 2.82. The Hall–Kier alpha value is -3.65. The summed E-state index contributed by atoms with van der Waals surface area (Å²) < 4.78 is 37.2. The van der Waals surface area contributed by atoms with Crippen LogP contribution in [0.15, 0.2) is 77.7 Å². The van der Waals surface area contributed by atoms with Crippen molar-refractivity contribution in [3.63, 3.8) is 0 Å². The van der Waals surface area contributed by atoms with Gasteiger partial charge in [-0.15, -0.1) is 0 Å². The Kier molecular flexibility index (Phi) is 6.95. The molecule has 0 heterocycles. The first-order chi connectivity index (χ1) is 15.2. The Morgan fingerprint density at radius 3 is 2.16 bits per heavy atom. The second-order valence-electron chi connectivity index (χ2n) is 7.10. The molecule has 166 valence electrons. The third kappa shape index (κ3) is 5.15. The fraction of sp³-hybridized carbons (Fsp3) is 0.167. The lowest BCUT2D eigenvalue weighted by atomic mass is 10.1. The molecule has 0 unspecified atom stereocenters. The number of rotatable bonds is 7. The largest absolute Gasteiger partial charge is 0.465 e. The number of aryl methyl sites for hydroxylation is 1. The molecule has 0 aliphatic rings. The van der Waals surface area contributed by atoms with E-state index < -0.39 is 22.0 Å². The Labute approximate surface area is 187 Å². The molecule has 0 N–H and O–H groups in total. The topological polar surface area (TPSA) is 90.0 Å². The minimum Gasteiger partial charge on any atom is -0.465 e. The van der Waals surface area contributed by atoms with Crippen molar-refractivity contribution in [3.8, 4) is 0 Å². The minimum absolute atomic E-state index is 0.0162. The van der Waals surface area contributed by atoms with Gasteiger partial charge in [-0.1, -0.05) is 35.9 Å². The van der Waals surface area contributed by atoms with Gasteiger partial charge >= 0.3 is 11.9 Å². The van der Waals surface area contributed by atoms with E-state index in [0.717, 1.165) is 5.56 Å². The van der Waals surface area contributed by atoms with Crippen LogP contribution in [0.2, 0.25) is 0 Å². The van der Waals surface area contributed by atoms with Crippen LogP contribution in [0.25, 0.3) is 0 Å². The summed E-state index contributed by atoms with van der Waals surface area (Å²) in [4.78, 5) is 24.0. The van der Waals surface area contributed by atoms with Gasteiger partial charge in [-0.25, -0.2) is 18.0 Å². The maximum Gasteiger partial charge on any atom is 0.338 e. The Morgan fingerprint density at radius 2 is 1.53 bits per heavy atom. The fourth-order valence-electron chi connectivity index (χ4n) is 2.92. The van der Waals surface area contributed by atoms with Crippen LogP contribution in [0.5, 0.6) is 0 Å². The SMILES string of the molecule is COC(=O)c1ccc(COC(=O)c2cccc(S(=O)(=O)N(C)c3ccc(C)cc3)c2)cc1. The zero-order chi connectivity index (χ0) is 23.3. The Morgan fingerprint density at radius 1 is 0.875 bits per heavy atom. The van der Waals surface area contributed by atoms with Gasteiger partial charge in [0.25, 0.3) is 10.0 Å². The van der Waals surface area contributed by atoms with E-state index in [0.29, 0.717) is 16.8 Å². The van der Waals surface area contributed by atoms with Crippen LogP contribution in [0.4, 0.5) is 5.69 Å². The van der Waals surface area contributed by atoms with Gasteiger partial charge in [0, 0.05) is 7.05 Å². The summed E-state index contributed by atoms with van der Waals surface area (Å²) in [5.74, 6) is -1.11. The van der Waals surface area contributed by atoms with E-state index in [9.17, 15) is 18.0 Å². The molecule has 0 atom stereocenters. The molecule has 3 aromatic carbocycles. The van der Waals surface area contributed by atoms with Gasteiger partial charge in [0.1, 0.15) is 6.61 Å². The summed E-state index contributed by atoms with van der Waals surface area (Å²) >= 11 is 0. The summed E-state index contributed by atoms with van der Waals surface area (Å²) in [5.41, 5.74) is 2.71. The first-order valence-corrected chi connectivity index (χ1v) is 11.2. The summed E-state index contributed by atoms with van der Waals surface area (Å²) in [6, 6.07) is 19.3. The molecule has 0 spiro atoms. The molecule has 0 saturated carbocycles. The lowest BCUT2D eigenvalue weighted by molar-refractivity contribution is 0.0471. The van der Waals surface area contributed by atoms with Crippen LogP contribution in [-0.4, -0.2) is 34.5 Å². The van der Waals surface area contributed by atoms with Crippen molar-refractivity contribution < 1.29 is 27.5 Å². The van der Waals surface area contributed by atoms with Crippen LogP contribution in [0.3, 0.4) is 0 Å². The molecular weight excluding hydrogens is 430 g/mol. The first-order valence-electron chi connectivity index (χ1n) is 9.72. The minimum atomic E-state index is -3.86. The smallest absolute Gasteiger partial charge is 0.338 e. The summed E-state index contributed by atoms with van der Waals surface area (Å²) in [7, 11) is -1.10. The number of hydrogen-bond acceptors (Lipinski definition) is 6. The van der Waals surface area contributed by atoms with Crippen LogP contribution in [-0.2, 0) is 26.1 Å². The number of ether oxygens (including phenoxy) is 2. The molecule has 0 aromatic heterocycles. The molecule has 7 nitrogen and oxygen atoms in total. The maximum absolute atomic E-state index is 13.0. The van der Waals surface area contributed by atoms with Gasteiger partial charge in [-0.05, 0) is 55.0 Å². The normalized spacial score (nSPS) is 11.0. The zero-order valence-corrected chi connectivity index (χ0v) is 18.8. The summed E-state index contributed by atoms with van der Waals surface area (Å²) in [5, 5.41) is 0. The van der Waals surface area contributed by atoms with E-state index in [1.54, 1.807) is 36.4 Å². The highest BCUT2D eigenvalue weighted by Gasteiger charge is 2.22. The average molecular weight is 454 g/mol. The Bertz CT molecular complexity index is 1220. The predicted molar refractivity (Wildman–Crippen MR) is 120 cm³/mol. The standard InChI is InChI=1S/C24H23NO6S/c1-17-7-13-21(14-8-17)25(2)32(28,29)22-6-4-5-20(15-22)24(27)31-16-18-9-11-19(12-10-18)23(26)30-3/h4-15H,16H2,1-3H3. The number of carbonyl (C=O) groups excluding carboxylic acids is 2. The molecule has 0 aliphatic heterocycles. The van der Waals surface area contributed by atoms with Gasteiger partial charge < -0.3 is 9.47 Å². The Balaban J connectivity index is 1.72. The van der Waals surface area contributed by atoms with Crippen molar-refractivity contribution in [1.82, 2.24) is 0 Å². The summed E-state index contributed by atoms with van der Waals surface area (Å²) in [6.45, 7) is 1.89. The van der Waals surface area contributed by atoms with E-state index in [-0.39, 0.29) is 17.1 Å². The van der Waals surface area contributed by atoms with Gasteiger partial charge in [0.05, 0.1) is 28.8 Å². The van der Waals surface area contributed by atoms with Crippen LogP contribution < -0.4 is 4.31 Å².